The molecule has 0 spiro atoms. The van der Waals surface area contributed by atoms with Crippen LogP contribution >= 0.6 is 0 Å². The highest BCUT2D eigenvalue weighted by atomic mass is 16.5. The SMILES string of the molecule is O=C(O)C[C@H](C(=O)O)c1c(O)oc2ccccc12. The molecule has 6 heteroatoms. The minimum atomic E-state index is -1.34. The lowest BCUT2D eigenvalue weighted by atomic mass is 9.95. The lowest BCUT2D eigenvalue weighted by Crippen LogP contribution is -2.15. The Bertz CT molecular complexity index is 612. The number of carbonyl (C=O) groups is 2. The van der Waals surface area contributed by atoms with Crippen LogP contribution in [-0.4, -0.2) is 27.3 Å². The van der Waals surface area contributed by atoms with Gasteiger partial charge in [-0.3, -0.25) is 9.59 Å². The first-order valence-electron chi connectivity index (χ1n) is 5.15. The van der Waals surface area contributed by atoms with E-state index in [1.54, 1.807) is 24.3 Å². The number of aliphatic carboxylic acids is 2. The maximum absolute atomic E-state index is 11.1. The molecular formula is C12H10O6. The highest BCUT2D eigenvalue weighted by Gasteiger charge is 2.30. The second-order valence-electron chi connectivity index (χ2n) is 3.81. The summed E-state index contributed by atoms with van der Waals surface area (Å²) >= 11 is 0. The molecule has 18 heavy (non-hydrogen) atoms. The van der Waals surface area contributed by atoms with Gasteiger partial charge in [-0.05, 0) is 6.07 Å². The molecule has 0 amide bonds. The van der Waals surface area contributed by atoms with Crippen LogP contribution in [0.5, 0.6) is 5.95 Å². The Labute approximate surface area is 101 Å². The first kappa shape index (κ1) is 12.0. The molecule has 0 aliphatic carbocycles. The van der Waals surface area contributed by atoms with E-state index in [0.717, 1.165) is 0 Å². The summed E-state index contributed by atoms with van der Waals surface area (Å²) < 4.78 is 5.01. The minimum Gasteiger partial charge on any atom is -0.481 e. The summed E-state index contributed by atoms with van der Waals surface area (Å²) in [4.78, 5) is 21.8. The quantitative estimate of drug-likeness (QED) is 0.763. The number of carboxylic acids is 2. The second-order valence-corrected chi connectivity index (χ2v) is 3.81. The van der Waals surface area contributed by atoms with E-state index in [-0.39, 0.29) is 5.56 Å². The van der Waals surface area contributed by atoms with Crippen LogP contribution in [0.4, 0.5) is 0 Å². The van der Waals surface area contributed by atoms with Crippen molar-refractivity contribution >= 4 is 22.9 Å². The Balaban J connectivity index is 2.59. The smallest absolute Gasteiger partial charge is 0.311 e. The van der Waals surface area contributed by atoms with Crippen LogP contribution in [0.2, 0.25) is 0 Å². The molecule has 2 rings (SSSR count). The first-order chi connectivity index (χ1) is 8.50. The minimum absolute atomic E-state index is 0.000463. The molecule has 0 aliphatic rings. The van der Waals surface area contributed by atoms with Gasteiger partial charge in [0.2, 0.25) is 0 Å². The van der Waals surface area contributed by atoms with Crippen molar-refractivity contribution in [3.05, 3.63) is 29.8 Å². The fourth-order valence-electron chi connectivity index (χ4n) is 1.88. The molecule has 0 aliphatic heterocycles. The van der Waals surface area contributed by atoms with Crippen LogP contribution in [0.15, 0.2) is 28.7 Å². The molecule has 1 aromatic heterocycles. The van der Waals surface area contributed by atoms with E-state index in [0.29, 0.717) is 11.0 Å². The summed E-state index contributed by atoms with van der Waals surface area (Å²) in [7, 11) is 0. The fourth-order valence-corrected chi connectivity index (χ4v) is 1.88. The molecule has 0 saturated heterocycles. The Kier molecular flexibility index (Phi) is 2.93. The lowest BCUT2D eigenvalue weighted by Gasteiger charge is -2.08. The first-order valence-corrected chi connectivity index (χ1v) is 5.15. The van der Waals surface area contributed by atoms with Crippen molar-refractivity contribution in [2.75, 3.05) is 0 Å². The monoisotopic (exact) mass is 250 g/mol. The van der Waals surface area contributed by atoms with Gasteiger partial charge in [-0.1, -0.05) is 18.2 Å². The van der Waals surface area contributed by atoms with Gasteiger partial charge in [-0.15, -0.1) is 0 Å². The van der Waals surface area contributed by atoms with E-state index in [4.69, 9.17) is 14.6 Å². The van der Waals surface area contributed by atoms with Crippen molar-refractivity contribution in [2.45, 2.75) is 12.3 Å². The predicted molar refractivity (Wildman–Crippen MR) is 60.5 cm³/mol. The van der Waals surface area contributed by atoms with E-state index in [9.17, 15) is 14.7 Å². The maximum atomic E-state index is 11.1. The Hall–Kier alpha value is -2.50. The van der Waals surface area contributed by atoms with Crippen molar-refractivity contribution in [1.82, 2.24) is 0 Å². The molecule has 2 aromatic rings. The summed E-state index contributed by atoms with van der Waals surface area (Å²) in [5.41, 5.74) is 0.321. The Morgan fingerprint density at radius 3 is 2.50 bits per heavy atom. The number of aromatic hydroxyl groups is 1. The molecule has 0 fully saturated rings. The van der Waals surface area contributed by atoms with Gasteiger partial charge in [-0.25, -0.2) is 0 Å². The number of rotatable bonds is 4. The molecule has 0 bridgehead atoms. The molecule has 1 aromatic carbocycles. The second kappa shape index (κ2) is 4.40. The number of hydrogen-bond donors (Lipinski definition) is 3. The van der Waals surface area contributed by atoms with Crippen LogP contribution < -0.4 is 0 Å². The third-order valence-corrected chi connectivity index (χ3v) is 2.64. The van der Waals surface area contributed by atoms with Gasteiger partial charge in [0.15, 0.2) is 0 Å². The van der Waals surface area contributed by atoms with Gasteiger partial charge >= 0.3 is 11.9 Å². The number of fused-ring (bicyclic) bond motifs is 1. The van der Waals surface area contributed by atoms with Crippen molar-refractivity contribution in [3.63, 3.8) is 0 Å². The molecular weight excluding hydrogens is 240 g/mol. The van der Waals surface area contributed by atoms with Crippen LogP contribution in [0.1, 0.15) is 17.9 Å². The van der Waals surface area contributed by atoms with Gasteiger partial charge in [-0.2, -0.15) is 0 Å². The van der Waals surface area contributed by atoms with E-state index in [1.165, 1.54) is 0 Å². The summed E-state index contributed by atoms with van der Waals surface area (Å²) in [6, 6.07) is 6.46. The van der Waals surface area contributed by atoms with Crippen LogP contribution in [0.25, 0.3) is 11.0 Å². The van der Waals surface area contributed by atoms with E-state index < -0.39 is 30.2 Å². The lowest BCUT2D eigenvalue weighted by molar-refractivity contribution is -0.145. The van der Waals surface area contributed by atoms with E-state index in [2.05, 4.69) is 0 Å². The van der Waals surface area contributed by atoms with Crippen LogP contribution in [0, 0.1) is 0 Å². The van der Waals surface area contributed by atoms with E-state index >= 15 is 0 Å². The summed E-state index contributed by atoms with van der Waals surface area (Å²) in [5.74, 6) is -4.47. The van der Waals surface area contributed by atoms with Gasteiger partial charge < -0.3 is 19.7 Å². The molecule has 1 atom stereocenters. The van der Waals surface area contributed by atoms with Crippen molar-refractivity contribution in [1.29, 1.82) is 0 Å². The fraction of sp³-hybridized carbons (Fsp3) is 0.167. The number of carboxylic acid groups (broad SMARTS) is 2. The van der Waals surface area contributed by atoms with Crippen molar-refractivity contribution in [2.24, 2.45) is 0 Å². The van der Waals surface area contributed by atoms with Gasteiger partial charge in [0.05, 0.1) is 17.9 Å². The van der Waals surface area contributed by atoms with Gasteiger partial charge in [0.25, 0.3) is 5.95 Å². The average Bonchev–Trinajstić information content (AvgIpc) is 2.61. The molecule has 94 valence electrons. The van der Waals surface area contributed by atoms with Crippen LogP contribution in [-0.2, 0) is 9.59 Å². The molecule has 6 nitrogen and oxygen atoms in total. The topological polar surface area (TPSA) is 108 Å². The third-order valence-electron chi connectivity index (χ3n) is 2.64. The van der Waals surface area contributed by atoms with Crippen LogP contribution in [0.3, 0.4) is 0 Å². The van der Waals surface area contributed by atoms with Crippen molar-refractivity contribution < 1.29 is 29.3 Å². The normalized spacial score (nSPS) is 12.4. The highest BCUT2D eigenvalue weighted by molar-refractivity contribution is 5.92. The summed E-state index contributed by atoms with van der Waals surface area (Å²) in [5, 5.41) is 27.8. The maximum Gasteiger partial charge on any atom is 0.311 e. The van der Waals surface area contributed by atoms with E-state index in [1.807, 2.05) is 0 Å². The number of furan rings is 1. The zero-order valence-electron chi connectivity index (χ0n) is 9.16. The Morgan fingerprint density at radius 1 is 1.22 bits per heavy atom. The molecule has 0 radical (unpaired) electrons. The number of hydrogen-bond acceptors (Lipinski definition) is 4. The van der Waals surface area contributed by atoms with Gasteiger partial charge in [0.1, 0.15) is 5.58 Å². The zero-order valence-corrected chi connectivity index (χ0v) is 9.16. The standard InChI is InChI=1S/C12H10O6/c13-9(14)5-7(11(15)16)10-6-3-1-2-4-8(6)18-12(10)17/h1-4,7,17H,5H2,(H,13,14)(H,15,16)/t7-/m0/s1. The largest absolute Gasteiger partial charge is 0.481 e. The predicted octanol–water partition coefficient (Wildman–Crippen LogP) is 1.78. The summed E-state index contributed by atoms with van der Waals surface area (Å²) in [6.45, 7) is 0. The molecule has 0 unspecified atom stereocenters. The number of para-hydroxylation sites is 1. The van der Waals surface area contributed by atoms with Gasteiger partial charge in [0, 0.05) is 5.39 Å². The zero-order chi connectivity index (χ0) is 13.3. The summed E-state index contributed by atoms with van der Waals surface area (Å²) in [6.07, 6.45) is -0.619. The molecule has 3 N–H and O–H groups in total. The van der Waals surface area contributed by atoms with Crippen molar-refractivity contribution in [3.8, 4) is 5.95 Å². The molecule has 1 heterocycles. The Morgan fingerprint density at radius 2 is 1.89 bits per heavy atom. The number of benzene rings is 1. The highest BCUT2D eigenvalue weighted by Crippen LogP contribution is 2.38. The average molecular weight is 250 g/mol. The molecule has 0 saturated carbocycles. The third kappa shape index (κ3) is 2.00.